The van der Waals surface area contributed by atoms with E-state index < -0.39 is 0 Å². The molecule has 0 aliphatic carbocycles. The summed E-state index contributed by atoms with van der Waals surface area (Å²) >= 11 is 6.33. The molecule has 0 spiro atoms. The van der Waals surface area contributed by atoms with Gasteiger partial charge in [-0.15, -0.1) is 0 Å². The minimum Gasteiger partial charge on any atom is -0.294 e. The first-order chi connectivity index (χ1) is 10.3. The third kappa shape index (κ3) is 2.28. The van der Waals surface area contributed by atoms with Crippen molar-refractivity contribution in [3.05, 3.63) is 58.6 Å². The van der Waals surface area contributed by atoms with Gasteiger partial charge in [-0.2, -0.15) is 15.1 Å². The molecule has 0 N–H and O–H groups in total. The molecule has 1 aliphatic rings. The minimum absolute atomic E-state index is 0.545. The van der Waals surface area contributed by atoms with Crippen molar-refractivity contribution in [3.8, 4) is 0 Å². The van der Waals surface area contributed by atoms with Crippen LogP contribution >= 0.6 is 11.6 Å². The van der Waals surface area contributed by atoms with Gasteiger partial charge < -0.3 is 0 Å². The standard InChI is InChI=1S/C15H14ClN5/c16-14-12-9-20(8-11-4-2-1-3-5-11)7-6-13(12)21-15(19-14)17-10-18-21/h1-5,10H,6-9H2. The van der Waals surface area contributed by atoms with Crippen molar-refractivity contribution in [1.82, 2.24) is 24.5 Å². The van der Waals surface area contributed by atoms with Crippen LogP contribution < -0.4 is 0 Å². The zero-order valence-electron chi connectivity index (χ0n) is 11.4. The van der Waals surface area contributed by atoms with Crippen molar-refractivity contribution in [2.45, 2.75) is 19.5 Å². The second-order valence-corrected chi connectivity index (χ2v) is 5.60. The molecule has 2 aromatic heterocycles. The Kier molecular flexibility index (Phi) is 3.09. The minimum atomic E-state index is 0.545. The summed E-state index contributed by atoms with van der Waals surface area (Å²) in [7, 11) is 0. The van der Waals surface area contributed by atoms with Crippen LogP contribution in [0, 0.1) is 0 Å². The lowest BCUT2D eigenvalue weighted by Crippen LogP contribution is -2.32. The second-order valence-electron chi connectivity index (χ2n) is 5.25. The van der Waals surface area contributed by atoms with E-state index in [-0.39, 0.29) is 0 Å². The van der Waals surface area contributed by atoms with Crippen LogP contribution in [-0.4, -0.2) is 31.0 Å². The highest BCUT2D eigenvalue weighted by atomic mass is 35.5. The summed E-state index contributed by atoms with van der Waals surface area (Å²) in [5, 5.41) is 4.79. The van der Waals surface area contributed by atoms with Crippen LogP contribution in [0.25, 0.3) is 5.78 Å². The number of fused-ring (bicyclic) bond motifs is 3. The highest BCUT2D eigenvalue weighted by Crippen LogP contribution is 2.26. The van der Waals surface area contributed by atoms with Crippen LogP contribution in [0.15, 0.2) is 36.7 Å². The molecule has 1 aliphatic heterocycles. The predicted molar refractivity (Wildman–Crippen MR) is 80.1 cm³/mol. The van der Waals surface area contributed by atoms with Gasteiger partial charge in [-0.05, 0) is 5.56 Å². The monoisotopic (exact) mass is 299 g/mol. The number of aromatic nitrogens is 4. The molecule has 0 fully saturated rings. The molecule has 5 nitrogen and oxygen atoms in total. The fraction of sp³-hybridized carbons (Fsp3) is 0.267. The highest BCUT2D eigenvalue weighted by molar-refractivity contribution is 6.30. The maximum atomic E-state index is 6.33. The Balaban J connectivity index is 1.65. The van der Waals surface area contributed by atoms with Crippen LogP contribution in [0.4, 0.5) is 0 Å². The molecular weight excluding hydrogens is 286 g/mol. The lowest BCUT2D eigenvalue weighted by atomic mass is 10.1. The van der Waals surface area contributed by atoms with Crippen LogP contribution in [0.3, 0.4) is 0 Å². The average molecular weight is 300 g/mol. The SMILES string of the molecule is Clc1nc2ncnn2c2c1CN(Cc1ccccc1)CC2. The summed E-state index contributed by atoms with van der Waals surface area (Å²) in [6, 6.07) is 10.5. The molecule has 0 amide bonds. The summed E-state index contributed by atoms with van der Waals surface area (Å²) in [5.74, 6) is 0.579. The maximum absolute atomic E-state index is 6.33. The van der Waals surface area contributed by atoms with Gasteiger partial charge in [0.05, 0.1) is 5.69 Å². The van der Waals surface area contributed by atoms with Gasteiger partial charge in [-0.3, -0.25) is 4.90 Å². The van der Waals surface area contributed by atoms with Gasteiger partial charge in [0, 0.05) is 31.6 Å². The van der Waals surface area contributed by atoms with Crippen LogP contribution in [-0.2, 0) is 19.5 Å². The average Bonchev–Trinajstić information content (AvgIpc) is 2.97. The Labute approximate surface area is 127 Å². The molecule has 0 saturated carbocycles. The topological polar surface area (TPSA) is 46.3 Å². The predicted octanol–water partition coefficient (Wildman–Crippen LogP) is 2.34. The lowest BCUT2D eigenvalue weighted by molar-refractivity contribution is 0.241. The maximum Gasteiger partial charge on any atom is 0.253 e. The number of halogens is 1. The first kappa shape index (κ1) is 12.7. The Morgan fingerprint density at radius 1 is 1.19 bits per heavy atom. The highest BCUT2D eigenvalue weighted by Gasteiger charge is 2.23. The van der Waals surface area contributed by atoms with E-state index in [2.05, 4.69) is 44.2 Å². The van der Waals surface area contributed by atoms with E-state index in [0.717, 1.165) is 37.3 Å². The Bertz CT molecular complexity index is 783. The molecule has 0 atom stereocenters. The summed E-state index contributed by atoms with van der Waals surface area (Å²) in [6.45, 7) is 2.70. The molecule has 0 saturated heterocycles. The molecule has 3 aromatic rings. The van der Waals surface area contributed by atoms with Gasteiger partial charge in [-0.25, -0.2) is 4.52 Å². The molecule has 0 bridgehead atoms. The summed E-state index contributed by atoms with van der Waals surface area (Å²) in [6.07, 6.45) is 2.43. The molecule has 0 unspecified atom stereocenters. The molecule has 106 valence electrons. The van der Waals surface area contributed by atoms with E-state index in [1.165, 1.54) is 11.9 Å². The van der Waals surface area contributed by atoms with Crippen LogP contribution in [0.1, 0.15) is 16.8 Å². The lowest BCUT2D eigenvalue weighted by Gasteiger charge is -2.29. The molecule has 0 radical (unpaired) electrons. The van der Waals surface area contributed by atoms with Crippen LogP contribution in [0.5, 0.6) is 0 Å². The quantitative estimate of drug-likeness (QED) is 0.681. The normalized spacial score (nSPS) is 15.3. The molecule has 3 heterocycles. The van der Waals surface area contributed by atoms with E-state index in [9.17, 15) is 0 Å². The Morgan fingerprint density at radius 2 is 2.05 bits per heavy atom. The van der Waals surface area contributed by atoms with E-state index >= 15 is 0 Å². The van der Waals surface area contributed by atoms with E-state index in [1.807, 2.05) is 6.07 Å². The number of nitrogens with zero attached hydrogens (tertiary/aromatic N) is 5. The second kappa shape index (κ2) is 5.09. The fourth-order valence-electron chi connectivity index (χ4n) is 2.86. The first-order valence-electron chi connectivity index (χ1n) is 6.94. The third-order valence-electron chi connectivity index (χ3n) is 3.88. The number of hydrogen-bond donors (Lipinski definition) is 0. The molecule has 21 heavy (non-hydrogen) atoms. The zero-order chi connectivity index (χ0) is 14.2. The molecular formula is C15H14ClN5. The van der Waals surface area contributed by atoms with Gasteiger partial charge in [-0.1, -0.05) is 41.9 Å². The molecule has 1 aromatic carbocycles. The van der Waals surface area contributed by atoms with Gasteiger partial charge in [0.1, 0.15) is 11.5 Å². The van der Waals surface area contributed by atoms with Crippen molar-refractivity contribution in [3.63, 3.8) is 0 Å². The van der Waals surface area contributed by atoms with Crippen molar-refractivity contribution < 1.29 is 0 Å². The van der Waals surface area contributed by atoms with E-state index in [0.29, 0.717) is 10.9 Å². The van der Waals surface area contributed by atoms with Crippen LogP contribution in [0.2, 0.25) is 5.15 Å². The Hall–Kier alpha value is -1.98. The molecule has 6 heteroatoms. The smallest absolute Gasteiger partial charge is 0.253 e. The van der Waals surface area contributed by atoms with Crippen molar-refractivity contribution in [2.24, 2.45) is 0 Å². The number of hydrogen-bond acceptors (Lipinski definition) is 4. The fourth-order valence-corrected chi connectivity index (χ4v) is 3.11. The number of benzene rings is 1. The van der Waals surface area contributed by atoms with E-state index in [4.69, 9.17) is 11.6 Å². The first-order valence-corrected chi connectivity index (χ1v) is 7.32. The Morgan fingerprint density at radius 3 is 2.90 bits per heavy atom. The third-order valence-corrected chi connectivity index (χ3v) is 4.19. The van der Waals surface area contributed by atoms with Gasteiger partial charge in [0.2, 0.25) is 0 Å². The summed E-state index contributed by atoms with van der Waals surface area (Å²) in [5.41, 5.74) is 3.51. The molecule has 4 rings (SSSR count). The van der Waals surface area contributed by atoms with Gasteiger partial charge in [0.25, 0.3) is 5.78 Å². The van der Waals surface area contributed by atoms with Gasteiger partial charge in [0.15, 0.2) is 0 Å². The van der Waals surface area contributed by atoms with Crippen molar-refractivity contribution in [2.75, 3.05) is 6.54 Å². The van der Waals surface area contributed by atoms with E-state index in [1.54, 1.807) is 4.52 Å². The number of rotatable bonds is 2. The van der Waals surface area contributed by atoms with Crippen molar-refractivity contribution >= 4 is 17.4 Å². The summed E-state index contributed by atoms with van der Waals surface area (Å²) in [4.78, 5) is 10.8. The zero-order valence-corrected chi connectivity index (χ0v) is 12.2. The van der Waals surface area contributed by atoms with Gasteiger partial charge >= 0.3 is 0 Å². The summed E-state index contributed by atoms with van der Waals surface area (Å²) < 4.78 is 1.81. The largest absolute Gasteiger partial charge is 0.294 e. The van der Waals surface area contributed by atoms with Crippen molar-refractivity contribution in [1.29, 1.82) is 0 Å².